The Labute approximate surface area is 56.3 Å². The Bertz CT molecular complexity index is 15.5. The summed E-state index contributed by atoms with van der Waals surface area (Å²) in [5, 5.41) is 25.2. The monoisotopic (exact) mass is 173 g/mol. The molecule has 0 radical (unpaired) electrons. The van der Waals surface area contributed by atoms with Crippen LogP contribution in [0.25, 0.3) is 0 Å². The molecule has 0 fully saturated rings. The van der Waals surface area contributed by atoms with Crippen LogP contribution in [0.4, 0.5) is 0 Å². The predicted molar refractivity (Wildman–Crippen MR) is 5.75 cm³/mol. The van der Waals surface area contributed by atoms with E-state index in [-0.39, 0.29) is 33.6 Å². The summed E-state index contributed by atoms with van der Waals surface area (Å²) in [5.41, 5.74) is 0. The summed E-state index contributed by atoms with van der Waals surface area (Å²) in [7, 11) is -2.92. The van der Waals surface area contributed by atoms with Crippen molar-refractivity contribution in [3.8, 4) is 0 Å². The first-order valence-corrected chi connectivity index (χ1v) is 0.707. The van der Waals surface area contributed by atoms with Crippen molar-refractivity contribution in [1.82, 2.24) is 0 Å². The third-order valence-corrected chi connectivity index (χ3v) is 0. The molecule has 0 atom stereocenters. The van der Waals surface area contributed by atoms with Crippen molar-refractivity contribution in [2.24, 2.45) is 0 Å². The van der Waals surface area contributed by atoms with Gasteiger partial charge in [-0.25, -0.2) is 0 Å². The van der Waals surface area contributed by atoms with Crippen molar-refractivity contribution in [2.75, 3.05) is 0 Å². The molecule has 0 bridgehead atoms. The van der Waals surface area contributed by atoms with Gasteiger partial charge in [-0.05, 0) is 0 Å². The Morgan fingerprint density at radius 3 is 1.00 bits per heavy atom. The number of rotatable bonds is 0. The molecule has 0 aromatic carbocycles. The molecule has 0 aliphatic rings. The summed E-state index contributed by atoms with van der Waals surface area (Å²) in [5.74, 6) is 0. The Kier molecular flexibility index (Phi) is 24.6. The molecule has 0 heterocycles. The Morgan fingerprint density at radius 2 is 1.00 bits per heavy atom. The van der Waals surface area contributed by atoms with Gasteiger partial charge < -0.3 is 15.1 Å². The molecule has 0 aromatic rings. The van der Waals surface area contributed by atoms with Gasteiger partial charge in [0, 0.05) is 0 Å². The largest absolute Gasteiger partial charge is 2.00 e. The minimum atomic E-state index is -2.92. The van der Waals surface area contributed by atoms with E-state index in [1.165, 1.54) is 0 Å². The van der Waals surface area contributed by atoms with Crippen LogP contribution in [0.5, 0.6) is 0 Å². The van der Waals surface area contributed by atoms with Crippen molar-refractivity contribution in [3.05, 3.63) is 0 Å². The first-order chi connectivity index (χ1) is 1.73. The summed E-state index contributed by atoms with van der Waals surface area (Å²) in [6.07, 6.45) is 0. The van der Waals surface area contributed by atoms with Crippen LogP contribution < -0.4 is 15.1 Å². The second kappa shape index (κ2) is 9.35. The fraction of sp³-hybridized carbons (Fsp3) is 0. The minimum Gasteiger partial charge on any atom is -0.907 e. The number of hydrogen-bond donors (Lipinski definition) is 0. The van der Waals surface area contributed by atoms with Crippen LogP contribution in [-0.2, 0) is 33.6 Å². The maximum atomic E-state index is 8.42. The van der Waals surface area contributed by atoms with Gasteiger partial charge in [-0.1, -0.05) is 0 Å². The fourth-order valence-electron chi connectivity index (χ4n) is 0. The third-order valence-electron chi connectivity index (χ3n) is 0. The average molecular weight is 173 g/mol. The molecule has 0 spiro atoms. The minimum absolute atomic E-state index is 0. The molecule has 0 N–H and O–H groups in total. The zero-order valence-electron chi connectivity index (χ0n) is 2.47. The summed E-state index contributed by atoms with van der Waals surface area (Å²) in [6, 6.07) is 0. The Morgan fingerprint density at radius 1 is 1.00 bits per heavy atom. The fourth-order valence-corrected chi connectivity index (χ4v) is 0. The van der Waals surface area contributed by atoms with Crippen molar-refractivity contribution >= 4 is 7.32 Å². The van der Waals surface area contributed by atoms with Crippen LogP contribution in [-0.4, -0.2) is 7.32 Å². The normalized spacial score (nSPS) is 4.50. The zero-order valence-corrected chi connectivity index (χ0v) is 4.56. The van der Waals surface area contributed by atoms with E-state index in [0.29, 0.717) is 0 Å². The van der Waals surface area contributed by atoms with Gasteiger partial charge in [-0.3, -0.25) is 7.32 Å². The van der Waals surface area contributed by atoms with E-state index >= 15 is 0 Å². The zero-order chi connectivity index (χ0) is 3.58. The molecule has 0 aliphatic carbocycles. The molecule has 0 rings (SSSR count). The molecule has 0 aromatic heterocycles. The van der Waals surface area contributed by atoms with Gasteiger partial charge in [-0.2, -0.15) is 0 Å². The van der Waals surface area contributed by atoms with Crippen molar-refractivity contribution < 1.29 is 48.6 Å². The molecule has 3 nitrogen and oxygen atoms in total. The van der Waals surface area contributed by atoms with Crippen LogP contribution in [0.3, 0.4) is 0 Å². The summed E-state index contributed by atoms with van der Waals surface area (Å²) >= 11 is 0. The van der Waals surface area contributed by atoms with E-state index in [4.69, 9.17) is 15.1 Å². The molecule has 6 heteroatoms. The molecule has 0 unspecified atom stereocenters. The molecule has 0 amide bonds. The molecule has 6 heavy (non-hydrogen) atoms. The van der Waals surface area contributed by atoms with Crippen LogP contribution >= 0.6 is 0 Å². The van der Waals surface area contributed by atoms with Gasteiger partial charge >= 0.3 is 33.6 Å². The van der Waals surface area contributed by atoms with Gasteiger partial charge in [-0.15, -0.1) is 0 Å². The molecular formula is BFeNiO3+. The second-order valence-electron chi connectivity index (χ2n) is 0.289. The van der Waals surface area contributed by atoms with Gasteiger partial charge in [0.1, 0.15) is 0 Å². The molecule has 0 aliphatic heterocycles. The van der Waals surface area contributed by atoms with Crippen molar-refractivity contribution in [1.29, 1.82) is 0 Å². The van der Waals surface area contributed by atoms with Crippen LogP contribution in [0.15, 0.2) is 0 Å². The average Bonchev–Trinajstić information content (AvgIpc) is 0.811. The number of hydrogen-bond acceptors (Lipinski definition) is 3. The summed E-state index contributed by atoms with van der Waals surface area (Å²) < 4.78 is 0. The van der Waals surface area contributed by atoms with E-state index in [1.807, 2.05) is 0 Å². The van der Waals surface area contributed by atoms with Crippen LogP contribution in [0.2, 0.25) is 0 Å². The van der Waals surface area contributed by atoms with E-state index in [9.17, 15) is 0 Å². The second-order valence-corrected chi connectivity index (χ2v) is 0.289. The standard InChI is InChI=1S/BO3.Fe.Ni/c2-1(3)4;;/q-3;2*+2. The maximum Gasteiger partial charge on any atom is 2.00 e. The molecule has 38 valence electrons. The predicted octanol–water partition coefficient (Wildman–Crippen LogP) is -3.95. The first-order valence-electron chi connectivity index (χ1n) is 0.707. The quantitative estimate of drug-likeness (QED) is 0.351. The van der Waals surface area contributed by atoms with E-state index in [1.54, 1.807) is 0 Å². The third kappa shape index (κ3) is 84.6. The van der Waals surface area contributed by atoms with Gasteiger partial charge in [0.05, 0.1) is 0 Å². The first kappa shape index (κ1) is 15.8. The van der Waals surface area contributed by atoms with Gasteiger partial charge in [0.15, 0.2) is 0 Å². The molecule has 0 saturated heterocycles. The Hall–Kier alpha value is 0.958. The summed E-state index contributed by atoms with van der Waals surface area (Å²) in [4.78, 5) is 0. The maximum absolute atomic E-state index is 8.42. The van der Waals surface area contributed by atoms with E-state index in [2.05, 4.69) is 0 Å². The SMILES string of the molecule is [Fe+2].[Ni+2].[O-]B([O-])[O-]. The summed E-state index contributed by atoms with van der Waals surface area (Å²) in [6.45, 7) is 0. The smallest absolute Gasteiger partial charge is 0.907 e. The molecular weight excluding hydrogens is 173 g/mol. The van der Waals surface area contributed by atoms with Crippen LogP contribution in [0, 0.1) is 0 Å². The van der Waals surface area contributed by atoms with E-state index in [0.717, 1.165) is 0 Å². The topological polar surface area (TPSA) is 69.2 Å². The molecule has 0 saturated carbocycles. The van der Waals surface area contributed by atoms with Crippen molar-refractivity contribution in [3.63, 3.8) is 0 Å². The van der Waals surface area contributed by atoms with Gasteiger partial charge in [0.25, 0.3) is 0 Å². The van der Waals surface area contributed by atoms with Gasteiger partial charge in [0.2, 0.25) is 0 Å². The van der Waals surface area contributed by atoms with E-state index < -0.39 is 7.32 Å². The van der Waals surface area contributed by atoms with Crippen LogP contribution in [0.1, 0.15) is 0 Å². The van der Waals surface area contributed by atoms with Crippen molar-refractivity contribution in [2.45, 2.75) is 0 Å². The Balaban J connectivity index is -0.0000000450.